The Morgan fingerprint density at radius 2 is 1.86 bits per heavy atom. The van der Waals surface area contributed by atoms with Crippen molar-refractivity contribution in [3.63, 3.8) is 0 Å². The van der Waals surface area contributed by atoms with Gasteiger partial charge in [-0.3, -0.25) is 4.79 Å². The van der Waals surface area contributed by atoms with Gasteiger partial charge in [0.1, 0.15) is 0 Å². The molecule has 0 heterocycles. The van der Waals surface area contributed by atoms with E-state index in [1.54, 1.807) is 18.3 Å². The van der Waals surface area contributed by atoms with Crippen molar-refractivity contribution in [3.8, 4) is 0 Å². The van der Waals surface area contributed by atoms with Gasteiger partial charge in [-0.1, -0.05) is 45.8 Å². The number of carbonyl (C=O) groups is 1. The Bertz CT molecular complexity index is 708. The van der Waals surface area contributed by atoms with Gasteiger partial charge in [0, 0.05) is 10.0 Å². The van der Waals surface area contributed by atoms with Crippen molar-refractivity contribution < 1.29 is 4.79 Å². The number of nitrogens with one attached hydrogen (secondary N) is 1. The van der Waals surface area contributed by atoms with E-state index in [4.69, 9.17) is 0 Å². The van der Waals surface area contributed by atoms with Crippen LogP contribution in [0.25, 0.3) is 0 Å². The van der Waals surface area contributed by atoms with Gasteiger partial charge in [-0.05, 0) is 49.6 Å². The van der Waals surface area contributed by atoms with Crippen LogP contribution in [0.2, 0.25) is 0 Å². The Kier molecular flexibility index (Phi) is 4.91. The third kappa shape index (κ3) is 4.02. The number of halogens is 1. The SMILES string of the molecule is Cc1ccc(/C=N/NC(=O)c2ccc(C)c(Br)c2)c(C)c1. The van der Waals surface area contributed by atoms with Gasteiger partial charge in [-0.2, -0.15) is 5.10 Å². The first-order valence-electron chi connectivity index (χ1n) is 6.64. The maximum atomic E-state index is 12.0. The highest BCUT2D eigenvalue weighted by Gasteiger charge is 2.05. The van der Waals surface area contributed by atoms with Crippen LogP contribution in [-0.2, 0) is 0 Å². The maximum absolute atomic E-state index is 12.0. The minimum Gasteiger partial charge on any atom is -0.267 e. The van der Waals surface area contributed by atoms with E-state index in [1.807, 2.05) is 39.0 Å². The van der Waals surface area contributed by atoms with E-state index >= 15 is 0 Å². The normalized spacial score (nSPS) is 10.9. The van der Waals surface area contributed by atoms with E-state index in [9.17, 15) is 4.79 Å². The smallest absolute Gasteiger partial charge is 0.267 e. The van der Waals surface area contributed by atoms with Crippen molar-refractivity contribution in [1.82, 2.24) is 5.43 Å². The zero-order valence-electron chi connectivity index (χ0n) is 12.3. The van der Waals surface area contributed by atoms with E-state index in [-0.39, 0.29) is 5.91 Å². The van der Waals surface area contributed by atoms with E-state index in [0.717, 1.165) is 21.2 Å². The number of hydrazone groups is 1. The van der Waals surface area contributed by atoms with Gasteiger partial charge >= 0.3 is 0 Å². The Balaban J connectivity index is 2.06. The second-order valence-electron chi connectivity index (χ2n) is 5.02. The summed E-state index contributed by atoms with van der Waals surface area (Å²) in [5, 5.41) is 4.02. The highest BCUT2D eigenvalue weighted by atomic mass is 79.9. The monoisotopic (exact) mass is 344 g/mol. The number of nitrogens with zero attached hydrogens (tertiary/aromatic N) is 1. The zero-order valence-corrected chi connectivity index (χ0v) is 13.9. The summed E-state index contributed by atoms with van der Waals surface area (Å²) in [5.74, 6) is -0.225. The van der Waals surface area contributed by atoms with Crippen molar-refractivity contribution >= 4 is 28.1 Å². The van der Waals surface area contributed by atoms with Gasteiger partial charge < -0.3 is 0 Å². The lowest BCUT2D eigenvalue weighted by Crippen LogP contribution is -2.17. The summed E-state index contributed by atoms with van der Waals surface area (Å²) in [4.78, 5) is 12.0. The quantitative estimate of drug-likeness (QED) is 0.659. The molecule has 0 spiro atoms. The summed E-state index contributed by atoms with van der Waals surface area (Å²) in [5.41, 5.74) is 7.54. The molecule has 2 rings (SSSR count). The average molecular weight is 345 g/mol. The number of hydrogen-bond acceptors (Lipinski definition) is 2. The van der Waals surface area contributed by atoms with Crippen LogP contribution >= 0.6 is 15.9 Å². The molecule has 0 aliphatic heterocycles. The Morgan fingerprint density at radius 3 is 2.52 bits per heavy atom. The van der Waals surface area contributed by atoms with Crippen LogP contribution in [0, 0.1) is 20.8 Å². The van der Waals surface area contributed by atoms with E-state index in [1.165, 1.54) is 5.56 Å². The van der Waals surface area contributed by atoms with Crippen LogP contribution in [0.4, 0.5) is 0 Å². The summed E-state index contributed by atoms with van der Waals surface area (Å²) in [6, 6.07) is 11.6. The van der Waals surface area contributed by atoms with Gasteiger partial charge in [-0.15, -0.1) is 0 Å². The van der Waals surface area contributed by atoms with Crippen molar-refractivity contribution in [3.05, 3.63) is 68.7 Å². The molecule has 0 unspecified atom stereocenters. The molecule has 108 valence electrons. The molecular weight excluding hydrogens is 328 g/mol. The minimum atomic E-state index is -0.225. The average Bonchev–Trinajstić information content (AvgIpc) is 2.44. The molecule has 21 heavy (non-hydrogen) atoms. The molecule has 1 N–H and O–H groups in total. The molecule has 0 bridgehead atoms. The number of amides is 1. The van der Waals surface area contributed by atoms with Crippen LogP contribution in [-0.4, -0.2) is 12.1 Å². The van der Waals surface area contributed by atoms with Gasteiger partial charge in [-0.25, -0.2) is 5.43 Å². The fraction of sp³-hybridized carbons (Fsp3) is 0.176. The van der Waals surface area contributed by atoms with Crippen molar-refractivity contribution in [2.75, 3.05) is 0 Å². The van der Waals surface area contributed by atoms with E-state index in [0.29, 0.717) is 5.56 Å². The van der Waals surface area contributed by atoms with E-state index in [2.05, 4.69) is 32.5 Å². The van der Waals surface area contributed by atoms with Crippen LogP contribution in [0.15, 0.2) is 46.0 Å². The third-order valence-electron chi connectivity index (χ3n) is 3.23. The summed E-state index contributed by atoms with van der Waals surface area (Å²) in [6.07, 6.45) is 1.66. The van der Waals surface area contributed by atoms with Gasteiger partial charge in [0.2, 0.25) is 0 Å². The molecule has 0 aliphatic rings. The highest BCUT2D eigenvalue weighted by Crippen LogP contribution is 2.17. The van der Waals surface area contributed by atoms with Crippen LogP contribution in [0.5, 0.6) is 0 Å². The van der Waals surface area contributed by atoms with Crippen molar-refractivity contribution in [2.45, 2.75) is 20.8 Å². The largest absolute Gasteiger partial charge is 0.271 e. The van der Waals surface area contributed by atoms with Crippen LogP contribution < -0.4 is 5.43 Å². The Labute approximate surface area is 133 Å². The number of benzene rings is 2. The van der Waals surface area contributed by atoms with Crippen molar-refractivity contribution in [2.24, 2.45) is 5.10 Å². The lowest BCUT2D eigenvalue weighted by molar-refractivity contribution is 0.0955. The molecule has 0 atom stereocenters. The highest BCUT2D eigenvalue weighted by molar-refractivity contribution is 9.10. The zero-order chi connectivity index (χ0) is 15.4. The van der Waals surface area contributed by atoms with E-state index < -0.39 is 0 Å². The first kappa shape index (κ1) is 15.4. The molecule has 3 nitrogen and oxygen atoms in total. The fourth-order valence-electron chi connectivity index (χ4n) is 1.93. The molecular formula is C17H17BrN2O. The third-order valence-corrected chi connectivity index (χ3v) is 4.08. The standard InChI is InChI=1S/C17H17BrN2O/c1-11-4-6-15(13(3)8-11)10-19-20-17(21)14-7-5-12(2)16(18)9-14/h4-10H,1-3H3,(H,20,21)/b19-10+. The predicted molar refractivity (Wildman–Crippen MR) is 89.9 cm³/mol. The second kappa shape index (κ2) is 6.68. The second-order valence-corrected chi connectivity index (χ2v) is 5.88. The van der Waals surface area contributed by atoms with Gasteiger partial charge in [0.15, 0.2) is 0 Å². The molecule has 2 aromatic rings. The number of rotatable bonds is 3. The molecule has 0 aromatic heterocycles. The molecule has 0 fully saturated rings. The summed E-state index contributed by atoms with van der Waals surface area (Å²) >= 11 is 3.42. The van der Waals surface area contributed by atoms with Gasteiger partial charge in [0.25, 0.3) is 5.91 Å². The Morgan fingerprint density at radius 1 is 1.10 bits per heavy atom. The summed E-state index contributed by atoms with van der Waals surface area (Å²) in [6.45, 7) is 6.04. The molecule has 4 heteroatoms. The topological polar surface area (TPSA) is 41.5 Å². The molecule has 0 aliphatic carbocycles. The number of carbonyl (C=O) groups excluding carboxylic acids is 1. The molecule has 2 aromatic carbocycles. The van der Waals surface area contributed by atoms with Gasteiger partial charge in [0.05, 0.1) is 6.21 Å². The van der Waals surface area contributed by atoms with Crippen LogP contribution in [0.1, 0.15) is 32.6 Å². The predicted octanol–water partition coefficient (Wildman–Crippen LogP) is 4.14. The molecule has 0 saturated carbocycles. The lowest BCUT2D eigenvalue weighted by atomic mass is 10.1. The lowest BCUT2D eigenvalue weighted by Gasteiger charge is -2.04. The number of hydrogen-bond donors (Lipinski definition) is 1. The fourth-order valence-corrected chi connectivity index (χ4v) is 2.31. The molecule has 0 saturated heterocycles. The molecule has 1 amide bonds. The number of aryl methyl sites for hydroxylation is 3. The summed E-state index contributed by atoms with van der Waals surface area (Å²) in [7, 11) is 0. The first-order valence-corrected chi connectivity index (χ1v) is 7.43. The summed E-state index contributed by atoms with van der Waals surface area (Å²) < 4.78 is 0.911. The van der Waals surface area contributed by atoms with Crippen molar-refractivity contribution in [1.29, 1.82) is 0 Å². The maximum Gasteiger partial charge on any atom is 0.271 e. The first-order chi connectivity index (χ1) is 9.97. The van der Waals surface area contributed by atoms with Crippen LogP contribution in [0.3, 0.4) is 0 Å². The minimum absolute atomic E-state index is 0.225. The Hall–Kier alpha value is -1.94. The molecule has 0 radical (unpaired) electrons.